The third-order valence-corrected chi connectivity index (χ3v) is 5.46. The molecule has 1 heterocycles. The molecule has 2 fully saturated rings. The molecule has 1 aliphatic heterocycles. The van der Waals surface area contributed by atoms with Gasteiger partial charge < -0.3 is 14.7 Å². The third-order valence-electron chi connectivity index (χ3n) is 5.46. The number of nitrogens with zero attached hydrogens (tertiary/aromatic N) is 1. The molecule has 3 aliphatic rings. The Kier molecular flexibility index (Phi) is 3.70. The molecule has 1 amide bonds. The number of ether oxygens (including phenoxy) is 1. The molecule has 4 rings (SSSR count). The van der Waals surface area contributed by atoms with E-state index in [2.05, 4.69) is 0 Å². The van der Waals surface area contributed by atoms with Gasteiger partial charge in [0.2, 0.25) is 0 Å². The molecule has 1 saturated heterocycles. The van der Waals surface area contributed by atoms with Crippen molar-refractivity contribution in [2.24, 2.45) is 5.92 Å². The summed E-state index contributed by atoms with van der Waals surface area (Å²) in [6.45, 7) is 1.27. The van der Waals surface area contributed by atoms with Crippen LogP contribution >= 0.6 is 0 Å². The number of rotatable bonds is 2. The minimum Gasteiger partial charge on any atom is -0.396 e. The SMILES string of the molecule is O=C1CCc2c1cccc2C(=O)N1CCO[C@H]2C[C@H](CO)C[C@@H]21. The first-order valence-electron chi connectivity index (χ1n) is 8.37. The van der Waals surface area contributed by atoms with Crippen molar-refractivity contribution >= 4 is 11.7 Å². The molecular formula is C18H21NO4. The van der Waals surface area contributed by atoms with Crippen molar-refractivity contribution in [3.8, 4) is 0 Å². The van der Waals surface area contributed by atoms with Crippen LogP contribution in [0.1, 0.15) is 45.5 Å². The summed E-state index contributed by atoms with van der Waals surface area (Å²) in [5.41, 5.74) is 2.28. The predicted molar refractivity (Wildman–Crippen MR) is 83.5 cm³/mol. The molecule has 0 aromatic heterocycles. The van der Waals surface area contributed by atoms with Gasteiger partial charge in [-0.1, -0.05) is 12.1 Å². The van der Waals surface area contributed by atoms with Crippen LogP contribution in [0.25, 0.3) is 0 Å². The van der Waals surface area contributed by atoms with Crippen LogP contribution in [0, 0.1) is 5.92 Å². The van der Waals surface area contributed by atoms with E-state index in [1.807, 2.05) is 17.0 Å². The van der Waals surface area contributed by atoms with Crippen LogP contribution in [0.3, 0.4) is 0 Å². The summed E-state index contributed by atoms with van der Waals surface area (Å²) in [7, 11) is 0. The first kappa shape index (κ1) is 14.8. The Labute approximate surface area is 135 Å². The third kappa shape index (κ3) is 2.39. The van der Waals surface area contributed by atoms with Crippen molar-refractivity contribution in [1.82, 2.24) is 4.90 Å². The first-order valence-corrected chi connectivity index (χ1v) is 8.37. The van der Waals surface area contributed by atoms with Gasteiger partial charge >= 0.3 is 0 Å². The number of fused-ring (bicyclic) bond motifs is 2. The molecule has 0 bridgehead atoms. The summed E-state index contributed by atoms with van der Waals surface area (Å²) < 4.78 is 5.80. The Bertz CT molecular complexity index is 656. The molecule has 1 aromatic carbocycles. The quantitative estimate of drug-likeness (QED) is 0.896. The van der Waals surface area contributed by atoms with Gasteiger partial charge in [-0.05, 0) is 36.8 Å². The van der Waals surface area contributed by atoms with Gasteiger partial charge in [-0.15, -0.1) is 0 Å². The van der Waals surface area contributed by atoms with Crippen LogP contribution in [0.15, 0.2) is 18.2 Å². The predicted octanol–water partition coefficient (Wildman–Crippen LogP) is 1.43. The molecule has 0 spiro atoms. The fourth-order valence-corrected chi connectivity index (χ4v) is 4.30. The molecule has 3 atom stereocenters. The summed E-state index contributed by atoms with van der Waals surface area (Å²) >= 11 is 0. The minimum absolute atomic E-state index is 0.00781. The van der Waals surface area contributed by atoms with E-state index in [-0.39, 0.29) is 36.4 Å². The van der Waals surface area contributed by atoms with Gasteiger partial charge in [0.05, 0.1) is 18.8 Å². The normalized spacial score (nSPS) is 29.5. The maximum Gasteiger partial charge on any atom is 0.254 e. The van der Waals surface area contributed by atoms with Crippen molar-refractivity contribution in [3.63, 3.8) is 0 Å². The Morgan fingerprint density at radius 1 is 1.30 bits per heavy atom. The van der Waals surface area contributed by atoms with E-state index in [1.54, 1.807) is 6.07 Å². The lowest BCUT2D eigenvalue weighted by atomic mass is 10.0. The smallest absolute Gasteiger partial charge is 0.254 e. The van der Waals surface area contributed by atoms with Gasteiger partial charge in [0.25, 0.3) is 5.91 Å². The van der Waals surface area contributed by atoms with Crippen LogP contribution < -0.4 is 0 Å². The monoisotopic (exact) mass is 315 g/mol. The number of carbonyl (C=O) groups is 2. The summed E-state index contributed by atoms with van der Waals surface area (Å²) in [4.78, 5) is 26.9. The van der Waals surface area contributed by atoms with E-state index >= 15 is 0 Å². The number of morpholine rings is 1. The van der Waals surface area contributed by atoms with Crippen molar-refractivity contribution < 1.29 is 19.4 Å². The molecular weight excluding hydrogens is 294 g/mol. The number of Topliss-reactive ketones (excluding diaryl/α,β-unsaturated/α-hetero) is 1. The zero-order valence-corrected chi connectivity index (χ0v) is 13.0. The molecule has 1 N–H and O–H groups in total. The second-order valence-corrected chi connectivity index (χ2v) is 6.75. The molecule has 0 radical (unpaired) electrons. The number of hydrogen-bond donors (Lipinski definition) is 1. The zero-order valence-electron chi connectivity index (χ0n) is 13.0. The number of hydrogen-bond acceptors (Lipinski definition) is 4. The summed E-state index contributed by atoms with van der Waals surface area (Å²) in [5, 5.41) is 9.41. The number of aliphatic hydroxyl groups excluding tert-OH is 1. The van der Waals surface area contributed by atoms with Crippen LogP contribution in [0.5, 0.6) is 0 Å². The van der Waals surface area contributed by atoms with Crippen LogP contribution in [-0.2, 0) is 11.2 Å². The number of benzene rings is 1. The highest BCUT2D eigenvalue weighted by molar-refractivity contribution is 6.05. The van der Waals surface area contributed by atoms with E-state index in [0.29, 0.717) is 37.1 Å². The molecule has 23 heavy (non-hydrogen) atoms. The topological polar surface area (TPSA) is 66.8 Å². The lowest BCUT2D eigenvalue weighted by molar-refractivity contribution is -0.0449. The highest BCUT2D eigenvalue weighted by Gasteiger charge is 2.43. The molecule has 122 valence electrons. The Morgan fingerprint density at radius 2 is 2.17 bits per heavy atom. The number of carbonyl (C=O) groups excluding carboxylic acids is 2. The zero-order chi connectivity index (χ0) is 16.0. The van der Waals surface area contributed by atoms with Gasteiger partial charge in [0.1, 0.15) is 0 Å². The second kappa shape index (κ2) is 5.73. The van der Waals surface area contributed by atoms with Crippen molar-refractivity contribution in [2.75, 3.05) is 19.8 Å². The lowest BCUT2D eigenvalue weighted by Crippen LogP contribution is -2.51. The fraction of sp³-hybridized carbons (Fsp3) is 0.556. The summed E-state index contributed by atoms with van der Waals surface area (Å²) in [6, 6.07) is 5.50. The highest BCUT2D eigenvalue weighted by atomic mass is 16.5. The Balaban J connectivity index is 1.63. The Morgan fingerprint density at radius 3 is 3.00 bits per heavy atom. The molecule has 1 aromatic rings. The first-order chi connectivity index (χ1) is 11.2. The van der Waals surface area contributed by atoms with E-state index in [9.17, 15) is 14.7 Å². The van der Waals surface area contributed by atoms with Crippen LogP contribution in [0.2, 0.25) is 0 Å². The van der Waals surface area contributed by atoms with Crippen molar-refractivity contribution in [3.05, 3.63) is 34.9 Å². The fourth-order valence-electron chi connectivity index (χ4n) is 4.30. The maximum atomic E-state index is 13.1. The van der Waals surface area contributed by atoms with E-state index in [1.165, 1.54) is 0 Å². The number of amides is 1. The van der Waals surface area contributed by atoms with Gasteiger partial charge in [0.15, 0.2) is 5.78 Å². The average Bonchev–Trinajstić information content (AvgIpc) is 3.17. The highest BCUT2D eigenvalue weighted by Crippen LogP contribution is 2.35. The second-order valence-electron chi connectivity index (χ2n) is 6.75. The lowest BCUT2D eigenvalue weighted by Gasteiger charge is -2.38. The largest absolute Gasteiger partial charge is 0.396 e. The van der Waals surface area contributed by atoms with Crippen molar-refractivity contribution in [1.29, 1.82) is 0 Å². The standard InChI is InChI=1S/C18H21NO4/c20-10-11-8-15-17(9-11)23-7-6-19(15)18(22)14-3-1-2-13-12(14)4-5-16(13)21/h1-3,11,15,17,20H,4-10H2/t11-,15+,17+/m1/s1. The van der Waals surface area contributed by atoms with Crippen LogP contribution in [0.4, 0.5) is 0 Å². The van der Waals surface area contributed by atoms with E-state index in [4.69, 9.17) is 4.74 Å². The van der Waals surface area contributed by atoms with Gasteiger partial charge in [-0.2, -0.15) is 0 Å². The molecule has 0 unspecified atom stereocenters. The van der Waals surface area contributed by atoms with Gasteiger partial charge in [0, 0.05) is 30.7 Å². The average molecular weight is 315 g/mol. The molecule has 1 saturated carbocycles. The van der Waals surface area contributed by atoms with Gasteiger partial charge in [-0.25, -0.2) is 0 Å². The number of ketones is 1. The summed E-state index contributed by atoms with van der Waals surface area (Å²) in [5.74, 6) is 0.352. The van der Waals surface area contributed by atoms with E-state index < -0.39 is 0 Å². The molecule has 5 heteroatoms. The van der Waals surface area contributed by atoms with E-state index in [0.717, 1.165) is 18.4 Å². The molecule has 5 nitrogen and oxygen atoms in total. The Hall–Kier alpha value is -1.72. The minimum atomic E-state index is 0.00781. The van der Waals surface area contributed by atoms with Gasteiger partial charge in [-0.3, -0.25) is 9.59 Å². The number of aliphatic hydroxyl groups is 1. The summed E-state index contributed by atoms with van der Waals surface area (Å²) in [6.07, 6.45) is 2.80. The van der Waals surface area contributed by atoms with Crippen molar-refractivity contribution in [2.45, 2.75) is 37.8 Å². The molecule has 2 aliphatic carbocycles. The van der Waals surface area contributed by atoms with Crippen LogP contribution in [-0.4, -0.2) is 53.6 Å². The maximum absolute atomic E-state index is 13.1.